The van der Waals surface area contributed by atoms with E-state index in [0.29, 0.717) is 30.9 Å². The van der Waals surface area contributed by atoms with E-state index < -0.39 is 0 Å². The van der Waals surface area contributed by atoms with E-state index in [4.69, 9.17) is 10.3 Å². The van der Waals surface area contributed by atoms with Crippen molar-refractivity contribution in [2.45, 2.75) is 45.2 Å². The zero-order valence-corrected chi connectivity index (χ0v) is 10.0. The van der Waals surface area contributed by atoms with E-state index >= 15 is 0 Å². The molecule has 1 atom stereocenters. The standard InChI is InChI=1S/C11H20N4O/c1-8(2)15-7-3-4-9(15)11-13-10(5-6-12)16-14-11/h8-9H,3-7,12H2,1-2H3. The van der Waals surface area contributed by atoms with Gasteiger partial charge in [0, 0.05) is 19.0 Å². The van der Waals surface area contributed by atoms with Gasteiger partial charge in [-0.1, -0.05) is 5.16 Å². The highest BCUT2D eigenvalue weighted by Crippen LogP contribution is 2.31. The van der Waals surface area contributed by atoms with Crippen LogP contribution in [0.2, 0.25) is 0 Å². The van der Waals surface area contributed by atoms with Crippen LogP contribution in [0.4, 0.5) is 0 Å². The average molecular weight is 224 g/mol. The van der Waals surface area contributed by atoms with Crippen molar-refractivity contribution in [1.29, 1.82) is 0 Å². The molecule has 0 aliphatic carbocycles. The minimum atomic E-state index is 0.329. The van der Waals surface area contributed by atoms with Crippen molar-refractivity contribution < 1.29 is 4.52 Å². The Kier molecular flexibility index (Phi) is 3.56. The summed E-state index contributed by atoms with van der Waals surface area (Å²) in [6.07, 6.45) is 3.00. The first-order valence-corrected chi connectivity index (χ1v) is 6.00. The molecule has 0 aromatic carbocycles. The Morgan fingerprint density at radius 2 is 2.38 bits per heavy atom. The summed E-state index contributed by atoms with van der Waals surface area (Å²) in [6.45, 7) is 6.10. The van der Waals surface area contributed by atoms with Crippen molar-refractivity contribution in [1.82, 2.24) is 15.0 Å². The van der Waals surface area contributed by atoms with Gasteiger partial charge in [0.2, 0.25) is 5.89 Å². The van der Waals surface area contributed by atoms with Gasteiger partial charge in [0.05, 0.1) is 6.04 Å². The lowest BCUT2D eigenvalue weighted by molar-refractivity contribution is 0.195. The summed E-state index contributed by atoms with van der Waals surface area (Å²) in [4.78, 5) is 6.84. The lowest BCUT2D eigenvalue weighted by Gasteiger charge is -2.25. The summed E-state index contributed by atoms with van der Waals surface area (Å²) >= 11 is 0. The van der Waals surface area contributed by atoms with E-state index in [1.807, 2.05) is 0 Å². The molecule has 1 aliphatic rings. The highest BCUT2D eigenvalue weighted by molar-refractivity contribution is 4.99. The summed E-state index contributed by atoms with van der Waals surface area (Å²) in [5.74, 6) is 1.49. The van der Waals surface area contributed by atoms with Gasteiger partial charge >= 0.3 is 0 Å². The van der Waals surface area contributed by atoms with Gasteiger partial charge in [0.1, 0.15) is 0 Å². The van der Waals surface area contributed by atoms with Crippen LogP contribution in [-0.2, 0) is 6.42 Å². The molecule has 0 amide bonds. The minimum Gasteiger partial charge on any atom is -0.339 e. The molecule has 5 nitrogen and oxygen atoms in total. The Balaban J connectivity index is 2.10. The van der Waals surface area contributed by atoms with Gasteiger partial charge in [-0.3, -0.25) is 4.90 Å². The van der Waals surface area contributed by atoms with Crippen LogP contribution in [0.5, 0.6) is 0 Å². The van der Waals surface area contributed by atoms with Crippen molar-refractivity contribution in [3.63, 3.8) is 0 Å². The molecule has 2 N–H and O–H groups in total. The molecule has 0 bridgehead atoms. The Hall–Kier alpha value is -0.940. The highest BCUT2D eigenvalue weighted by Gasteiger charge is 2.31. The van der Waals surface area contributed by atoms with Crippen molar-refractivity contribution in [3.05, 3.63) is 11.7 Å². The smallest absolute Gasteiger partial charge is 0.227 e. The van der Waals surface area contributed by atoms with E-state index in [9.17, 15) is 0 Å². The predicted molar refractivity (Wildman–Crippen MR) is 60.9 cm³/mol. The van der Waals surface area contributed by atoms with E-state index in [0.717, 1.165) is 18.8 Å². The highest BCUT2D eigenvalue weighted by atomic mass is 16.5. The molecule has 16 heavy (non-hydrogen) atoms. The molecule has 0 spiro atoms. The summed E-state index contributed by atoms with van der Waals surface area (Å²) in [5.41, 5.74) is 5.46. The number of hydrogen-bond acceptors (Lipinski definition) is 5. The summed E-state index contributed by atoms with van der Waals surface area (Å²) in [5, 5.41) is 4.07. The number of aromatic nitrogens is 2. The maximum atomic E-state index is 5.46. The van der Waals surface area contributed by atoms with Crippen molar-refractivity contribution in [2.75, 3.05) is 13.1 Å². The molecule has 5 heteroatoms. The number of nitrogens with zero attached hydrogens (tertiary/aromatic N) is 3. The van der Waals surface area contributed by atoms with Gasteiger partial charge in [-0.15, -0.1) is 0 Å². The van der Waals surface area contributed by atoms with E-state index in [2.05, 4.69) is 28.9 Å². The molecule has 2 rings (SSSR count). The van der Waals surface area contributed by atoms with Crippen LogP contribution in [0.25, 0.3) is 0 Å². The monoisotopic (exact) mass is 224 g/mol. The second-order valence-electron chi connectivity index (χ2n) is 4.57. The second-order valence-corrected chi connectivity index (χ2v) is 4.57. The largest absolute Gasteiger partial charge is 0.339 e. The van der Waals surface area contributed by atoms with Crippen LogP contribution < -0.4 is 5.73 Å². The van der Waals surface area contributed by atoms with Crippen LogP contribution in [0.1, 0.15) is 44.4 Å². The summed E-state index contributed by atoms with van der Waals surface area (Å²) in [7, 11) is 0. The van der Waals surface area contributed by atoms with Crippen LogP contribution in [0.3, 0.4) is 0 Å². The number of likely N-dealkylation sites (tertiary alicyclic amines) is 1. The van der Waals surface area contributed by atoms with Crippen molar-refractivity contribution in [3.8, 4) is 0 Å². The minimum absolute atomic E-state index is 0.329. The third kappa shape index (κ3) is 2.25. The van der Waals surface area contributed by atoms with Gasteiger partial charge in [-0.25, -0.2) is 0 Å². The molecule has 2 heterocycles. The van der Waals surface area contributed by atoms with Gasteiger partial charge < -0.3 is 10.3 Å². The SMILES string of the molecule is CC(C)N1CCCC1c1noc(CCN)n1. The fourth-order valence-corrected chi connectivity index (χ4v) is 2.31. The molecule has 1 unspecified atom stereocenters. The number of hydrogen-bond donors (Lipinski definition) is 1. The predicted octanol–water partition coefficient (Wildman–Crippen LogP) is 1.12. The average Bonchev–Trinajstić information content (AvgIpc) is 2.83. The van der Waals surface area contributed by atoms with E-state index in [1.54, 1.807) is 0 Å². The Bertz CT molecular complexity index is 336. The summed E-state index contributed by atoms with van der Waals surface area (Å²) < 4.78 is 5.18. The first kappa shape index (κ1) is 11.5. The molecular formula is C11H20N4O. The van der Waals surface area contributed by atoms with Gasteiger partial charge in [0.25, 0.3) is 0 Å². The van der Waals surface area contributed by atoms with Crippen molar-refractivity contribution in [2.24, 2.45) is 5.73 Å². The maximum absolute atomic E-state index is 5.46. The van der Waals surface area contributed by atoms with Crippen molar-refractivity contribution >= 4 is 0 Å². The van der Waals surface area contributed by atoms with Crippen LogP contribution in [-0.4, -0.2) is 34.2 Å². The van der Waals surface area contributed by atoms with Gasteiger partial charge in [-0.05, 0) is 33.2 Å². The Morgan fingerprint density at radius 1 is 1.56 bits per heavy atom. The Labute approximate surface area is 96.0 Å². The molecule has 90 valence electrons. The van der Waals surface area contributed by atoms with Crippen LogP contribution >= 0.6 is 0 Å². The van der Waals surface area contributed by atoms with E-state index in [-0.39, 0.29) is 0 Å². The fourth-order valence-electron chi connectivity index (χ4n) is 2.31. The molecule has 0 radical (unpaired) electrons. The third-order valence-corrected chi connectivity index (χ3v) is 3.10. The third-order valence-electron chi connectivity index (χ3n) is 3.10. The van der Waals surface area contributed by atoms with Gasteiger partial charge in [0.15, 0.2) is 5.82 Å². The summed E-state index contributed by atoms with van der Waals surface area (Å²) in [6, 6.07) is 0.860. The molecule has 0 saturated carbocycles. The quantitative estimate of drug-likeness (QED) is 0.830. The second kappa shape index (κ2) is 4.93. The first-order chi connectivity index (χ1) is 7.72. The molecule has 1 aromatic rings. The molecular weight excluding hydrogens is 204 g/mol. The van der Waals surface area contributed by atoms with Crippen LogP contribution in [0.15, 0.2) is 4.52 Å². The van der Waals surface area contributed by atoms with Gasteiger partial charge in [-0.2, -0.15) is 4.98 Å². The number of rotatable bonds is 4. The molecule has 1 fully saturated rings. The topological polar surface area (TPSA) is 68.2 Å². The number of nitrogens with two attached hydrogens (primary N) is 1. The van der Waals surface area contributed by atoms with Crippen LogP contribution in [0, 0.1) is 0 Å². The fraction of sp³-hybridized carbons (Fsp3) is 0.818. The van der Waals surface area contributed by atoms with E-state index in [1.165, 1.54) is 6.42 Å². The lowest BCUT2D eigenvalue weighted by Crippen LogP contribution is -2.30. The maximum Gasteiger partial charge on any atom is 0.227 e. The zero-order chi connectivity index (χ0) is 11.5. The molecule has 1 aromatic heterocycles. The Morgan fingerprint density at radius 3 is 3.06 bits per heavy atom. The lowest BCUT2D eigenvalue weighted by atomic mass is 10.2. The molecule has 1 aliphatic heterocycles. The molecule has 1 saturated heterocycles. The first-order valence-electron chi connectivity index (χ1n) is 6.00. The zero-order valence-electron chi connectivity index (χ0n) is 10.0. The normalized spacial score (nSPS) is 22.1.